The largest absolute Gasteiger partial charge is 0.370 e. The van der Waals surface area contributed by atoms with Gasteiger partial charge in [-0.1, -0.05) is 13.3 Å². The van der Waals surface area contributed by atoms with Crippen molar-refractivity contribution in [3.63, 3.8) is 0 Å². The van der Waals surface area contributed by atoms with Gasteiger partial charge in [0.05, 0.1) is 5.56 Å². The number of rotatable bonds is 6. The summed E-state index contributed by atoms with van der Waals surface area (Å²) in [6.07, 6.45) is 5.18. The Kier molecular flexibility index (Phi) is 4.80. The van der Waals surface area contributed by atoms with Crippen LogP contribution in [0.1, 0.15) is 43.5 Å². The summed E-state index contributed by atoms with van der Waals surface area (Å²) >= 11 is 3.36. The van der Waals surface area contributed by atoms with Crippen molar-refractivity contribution < 1.29 is 4.79 Å². The molecule has 1 aliphatic carbocycles. The molecule has 1 fully saturated rings. The molecule has 1 saturated carbocycles. The number of nitrogens with one attached hydrogen (secondary N) is 2. The normalized spacial score (nSPS) is 21.0. The summed E-state index contributed by atoms with van der Waals surface area (Å²) in [5.41, 5.74) is 0.610. The lowest BCUT2D eigenvalue weighted by molar-refractivity contribution is 0.0949. The van der Waals surface area contributed by atoms with E-state index in [2.05, 4.69) is 38.5 Å². The van der Waals surface area contributed by atoms with Gasteiger partial charge in [0.2, 0.25) is 0 Å². The number of carbonyl (C=O) groups is 1. The molecule has 0 spiro atoms. The SMILES string of the molecule is CCCC1CC1NC(=O)c1cc(Br)cnc1NCC. The van der Waals surface area contributed by atoms with Crippen LogP contribution in [0.15, 0.2) is 16.7 Å². The predicted octanol–water partition coefficient (Wildman–Crippen LogP) is 3.19. The molecule has 1 aliphatic rings. The minimum Gasteiger partial charge on any atom is -0.370 e. The Hall–Kier alpha value is -1.10. The first-order valence-corrected chi connectivity index (χ1v) is 7.65. The second-order valence-corrected chi connectivity index (χ2v) is 5.86. The first-order valence-electron chi connectivity index (χ1n) is 6.86. The number of pyridine rings is 1. The Morgan fingerprint density at radius 1 is 1.53 bits per heavy atom. The van der Waals surface area contributed by atoms with E-state index in [1.54, 1.807) is 6.20 Å². The van der Waals surface area contributed by atoms with E-state index in [-0.39, 0.29) is 5.91 Å². The standard InChI is InChI=1S/C14H20BrN3O/c1-3-5-9-6-12(9)18-14(19)11-7-10(15)8-17-13(11)16-4-2/h7-9,12H,3-6H2,1-2H3,(H,16,17)(H,18,19). The third-order valence-corrected chi connectivity index (χ3v) is 3.78. The number of nitrogens with zero attached hydrogens (tertiary/aromatic N) is 1. The average Bonchev–Trinajstić information content (AvgIpc) is 3.10. The van der Waals surface area contributed by atoms with E-state index in [0.29, 0.717) is 23.3 Å². The number of anilines is 1. The monoisotopic (exact) mass is 325 g/mol. The summed E-state index contributed by atoms with van der Waals surface area (Å²) in [6.45, 7) is 4.92. The van der Waals surface area contributed by atoms with Crippen molar-refractivity contribution in [3.05, 3.63) is 22.3 Å². The molecule has 104 valence electrons. The number of carbonyl (C=O) groups excluding carboxylic acids is 1. The lowest BCUT2D eigenvalue weighted by atomic mass is 10.2. The minimum atomic E-state index is -0.0339. The zero-order valence-corrected chi connectivity index (χ0v) is 13.0. The van der Waals surface area contributed by atoms with Crippen LogP contribution in [0.5, 0.6) is 0 Å². The summed E-state index contributed by atoms with van der Waals surface area (Å²) in [5, 5.41) is 6.21. The van der Waals surface area contributed by atoms with Gasteiger partial charge in [0.15, 0.2) is 0 Å². The minimum absolute atomic E-state index is 0.0339. The fourth-order valence-electron chi connectivity index (χ4n) is 2.28. The highest BCUT2D eigenvalue weighted by atomic mass is 79.9. The van der Waals surface area contributed by atoms with Crippen molar-refractivity contribution in [2.45, 2.75) is 39.2 Å². The van der Waals surface area contributed by atoms with E-state index in [1.165, 1.54) is 12.8 Å². The zero-order valence-electron chi connectivity index (χ0n) is 11.4. The lowest BCUT2D eigenvalue weighted by Gasteiger charge is -2.10. The van der Waals surface area contributed by atoms with E-state index < -0.39 is 0 Å². The molecule has 19 heavy (non-hydrogen) atoms. The summed E-state index contributed by atoms with van der Waals surface area (Å²) in [4.78, 5) is 16.5. The molecule has 2 unspecified atom stereocenters. The summed E-state index contributed by atoms with van der Waals surface area (Å²) in [5.74, 6) is 1.28. The number of amides is 1. The predicted molar refractivity (Wildman–Crippen MR) is 80.4 cm³/mol. The Morgan fingerprint density at radius 2 is 2.32 bits per heavy atom. The Bertz CT molecular complexity index is 464. The first-order chi connectivity index (χ1) is 9.15. The van der Waals surface area contributed by atoms with Crippen LogP contribution >= 0.6 is 15.9 Å². The van der Waals surface area contributed by atoms with Crippen molar-refractivity contribution in [2.24, 2.45) is 5.92 Å². The van der Waals surface area contributed by atoms with Crippen molar-refractivity contribution in [3.8, 4) is 0 Å². The Labute approximate surface area is 122 Å². The van der Waals surface area contributed by atoms with E-state index >= 15 is 0 Å². The van der Waals surface area contributed by atoms with Crippen molar-refractivity contribution in [1.29, 1.82) is 0 Å². The van der Waals surface area contributed by atoms with Crippen LogP contribution in [0, 0.1) is 5.92 Å². The lowest BCUT2D eigenvalue weighted by Crippen LogP contribution is -2.28. The quantitative estimate of drug-likeness (QED) is 0.844. The zero-order chi connectivity index (χ0) is 13.8. The van der Waals surface area contributed by atoms with Gasteiger partial charge in [-0.25, -0.2) is 4.98 Å². The van der Waals surface area contributed by atoms with E-state index in [1.807, 2.05) is 13.0 Å². The molecule has 0 bridgehead atoms. The van der Waals surface area contributed by atoms with Crippen molar-refractivity contribution in [2.75, 3.05) is 11.9 Å². The number of hydrogen-bond donors (Lipinski definition) is 2. The summed E-state index contributed by atoms with van der Waals surface area (Å²) in [7, 11) is 0. The van der Waals surface area contributed by atoms with Gasteiger partial charge in [0.25, 0.3) is 5.91 Å². The average molecular weight is 326 g/mol. The highest BCUT2D eigenvalue weighted by Gasteiger charge is 2.37. The second kappa shape index (κ2) is 6.37. The summed E-state index contributed by atoms with van der Waals surface area (Å²) in [6, 6.07) is 2.17. The number of halogens is 1. The third-order valence-electron chi connectivity index (χ3n) is 3.34. The number of hydrogen-bond acceptors (Lipinski definition) is 3. The van der Waals surface area contributed by atoms with Crippen LogP contribution in [0.4, 0.5) is 5.82 Å². The molecule has 0 aliphatic heterocycles. The Morgan fingerprint density at radius 3 is 3.00 bits per heavy atom. The second-order valence-electron chi connectivity index (χ2n) is 4.94. The van der Waals surface area contributed by atoms with Gasteiger partial charge in [0.1, 0.15) is 5.82 Å². The molecule has 1 aromatic heterocycles. The third kappa shape index (κ3) is 3.69. The molecular weight excluding hydrogens is 306 g/mol. The van der Waals surface area contributed by atoms with Gasteiger partial charge in [-0.2, -0.15) is 0 Å². The fourth-order valence-corrected chi connectivity index (χ4v) is 2.61. The van der Waals surface area contributed by atoms with Gasteiger partial charge in [-0.05, 0) is 47.7 Å². The molecule has 0 saturated heterocycles. The van der Waals surface area contributed by atoms with Crippen LogP contribution in [-0.4, -0.2) is 23.5 Å². The van der Waals surface area contributed by atoms with Crippen LogP contribution in [-0.2, 0) is 0 Å². The van der Waals surface area contributed by atoms with Gasteiger partial charge in [0, 0.05) is 23.3 Å². The molecular formula is C14H20BrN3O. The molecule has 0 aromatic carbocycles. The molecule has 2 atom stereocenters. The topological polar surface area (TPSA) is 54.0 Å². The molecule has 2 rings (SSSR count). The fraction of sp³-hybridized carbons (Fsp3) is 0.571. The van der Waals surface area contributed by atoms with Gasteiger partial charge in [-0.3, -0.25) is 4.79 Å². The van der Waals surface area contributed by atoms with Crippen LogP contribution in [0.25, 0.3) is 0 Å². The highest BCUT2D eigenvalue weighted by Crippen LogP contribution is 2.35. The first kappa shape index (κ1) is 14.3. The maximum atomic E-state index is 12.3. The van der Waals surface area contributed by atoms with E-state index in [4.69, 9.17) is 0 Å². The van der Waals surface area contributed by atoms with Gasteiger partial charge >= 0.3 is 0 Å². The van der Waals surface area contributed by atoms with Crippen molar-refractivity contribution >= 4 is 27.7 Å². The maximum absolute atomic E-state index is 12.3. The number of aromatic nitrogens is 1. The Balaban J connectivity index is 2.04. The van der Waals surface area contributed by atoms with E-state index in [9.17, 15) is 4.79 Å². The van der Waals surface area contributed by atoms with Gasteiger partial charge < -0.3 is 10.6 Å². The molecule has 1 amide bonds. The van der Waals surface area contributed by atoms with Gasteiger partial charge in [-0.15, -0.1) is 0 Å². The molecule has 5 heteroatoms. The molecule has 1 aromatic rings. The van der Waals surface area contributed by atoms with E-state index in [0.717, 1.165) is 17.4 Å². The van der Waals surface area contributed by atoms with Crippen LogP contribution < -0.4 is 10.6 Å². The molecule has 4 nitrogen and oxygen atoms in total. The van der Waals surface area contributed by atoms with Crippen LogP contribution in [0.3, 0.4) is 0 Å². The molecule has 1 heterocycles. The van der Waals surface area contributed by atoms with Crippen LogP contribution in [0.2, 0.25) is 0 Å². The maximum Gasteiger partial charge on any atom is 0.255 e. The molecule has 0 radical (unpaired) electrons. The smallest absolute Gasteiger partial charge is 0.255 e. The highest BCUT2D eigenvalue weighted by molar-refractivity contribution is 9.10. The van der Waals surface area contributed by atoms with Crippen molar-refractivity contribution in [1.82, 2.24) is 10.3 Å². The summed E-state index contributed by atoms with van der Waals surface area (Å²) < 4.78 is 0.820. The molecule has 2 N–H and O–H groups in total.